The van der Waals surface area contributed by atoms with Crippen molar-refractivity contribution in [2.45, 2.75) is 44.2 Å². The molecule has 94 valence electrons. The molecular weight excluding hydrogens is 253 g/mol. The van der Waals surface area contributed by atoms with E-state index in [4.69, 9.17) is 11.6 Å². The number of benzene rings is 1. The summed E-state index contributed by atoms with van der Waals surface area (Å²) in [4.78, 5) is 0. The van der Waals surface area contributed by atoms with Gasteiger partial charge in [0.2, 0.25) is 0 Å². The highest BCUT2D eigenvalue weighted by atomic mass is 35.5. The Balaban J connectivity index is 0.00000108. The van der Waals surface area contributed by atoms with Gasteiger partial charge in [0.15, 0.2) is 0 Å². The minimum absolute atomic E-state index is 0. The SMILES string of the molecule is CC1NC(C2CC2)CC1c1cccc(Cl)c1.Cl. The smallest absolute Gasteiger partial charge is 0.0408 e. The molecule has 1 aliphatic carbocycles. The van der Waals surface area contributed by atoms with Crippen molar-refractivity contribution in [2.24, 2.45) is 5.92 Å². The van der Waals surface area contributed by atoms with Crippen molar-refractivity contribution < 1.29 is 0 Å². The molecule has 1 saturated carbocycles. The Labute approximate surface area is 114 Å². The lowest BCUT2D eigenvalue weighted by atomic mass is 9.91. The quantitative estimate of drug-likeness (QED) is 0.857. The second-order valence-corrected chi connectivity index (χ2v) is 5.73. The lowest BCUT2D eigenvalue weighted by Gasteiger charge is -2.15. The average Bonchev–Trinajstić information content (AvgIpc) is 3.02. The van der Waals surface area contributed by atoms with Gasteiger partial charge in [0.1, 0.15) is 0 Å². The fraction of sp³-hybridized carbons (Fsp3) is 0.571. The van der Waals surface area contributed by atoms with E-state index in [1.54, 1.807) is 0 Å². The third kappa shape index (κ3) is 2.78. The zero-order chi connectivity index (χ0) is 11.1. The summed E-state index contributed by atoms with van der Waals surface area (Å²) in [5.74, 6) is 1.59. The third-order valence-electron chi connectivity index (χ3n) is 4.06. The van der Waals surface area contributed by atoms with Crippen LogP contribution in [0.25, 0.3) is 0 Å². The van der Waals surface area contributed by atoms with E-state index < -0.39 is 0 Å². The molecule has 3 unspecified atom stereocenters. The first-order valence-electron chi connectivity index (χ1n) is 6.25. The molecule has 3 rings (SSSR count). The van der Waals surface area contributed by atoms with Crippen LogP contribution in [-0.4, -0.2) is 12.1 Å². The van der Waals surface area contributed by atoms with Gasteiger partial charge >= 0.3 is 0 Å². The van der Waals surface area contributed by atoms with E-state index in [0.29, 0.717) is 12.0 Å². The monoisotopic (exact) mass is 271 g/mol. The summed E-state index contributed by atoms with van der Waals surface area (Å²) >= 11 is 6.06. The van der Waals surface area contributed by atoms with E-state index in [9.17, 15) is 0 Å². The molecule has 0 amide bonds. The highest BCUT2D eigenvalue weighted by molar-refractivity contribution is 6.30. The number of rotatable bonds is 2. The van der Waals surface area contributed by atoms with Crippen LogP contribution >= 0.6 is 24.0 Å². The van der Waals surface area contributed by atoms with Gasteiger partial charge in [-0.15, -0.1) is 12.4 Å². The summed E-state index contributed by atoms with van der Waals surface area (Å²) in [5, 5.41) is 4.60. The topological polar surface area (TPSA) is 12.0 Å². The summed E-state index contributed by atoms with van der Waals surface area (Å²) in [7, 11) is 0. The first-order valence-corrected chi connectivity index (χ1v) is 6.63. The van der Waals surface area contributed by atoms with Gasteiger partial charge < -0.3 is 5.32 Å². The largest absolute Gasteiger partial charge is 0.311 e. The molecule has 1 aromatic rings. The van der Waals surface area contributed by atoms with Crippen molar-refractivity contribution in [3.8, 4) is 0 Å². The number of hydrogen-bond acceptors (Lipinski definition) is 1. The maximum absolute atomic E-state index is 6.06. The van der Waals surface area contributed by atoms with Gasteiger partial charge in [0.05, 0.1) is 0 Å². The Hall–Kier alpha value is -0.240. The molecule has 17 heavy (non-hydrogen) atoms. The van der Waals surface area contributed by atoms with Crippen molar-refractivity contribution in [2.75, 3.05) is 0 Å². The zero-order valence-electron chi connectivity index (χ0n) is 10.0. The molecule has 1 aliphatic heterocycles. The maximum atomic E-state index is 6.06. The van der Waals surface area contributed by atoms with Gasteiger partial charge in [-0.25, -0.2) is 0 Å². The van der Waals surface area contributed by atoms with E-state index >= 15 is 0 Å². The van der Waals surface area contributed by atoms with Gasteiger partial charge in [0.25, 0.3) is 0 Å². The molecule has 2 fully saturated rings. The molecule has 2 aliphatic rings. The van der Waals surface area contributed by atoms with Crippen LogP contribution in [0.1, 0.15) is 37.7 Å². The molecule has 1 heterocycles. The van der Waals surface area contributed by atoms with E-state index in [1.807, 2.05) is 6.07 Å². The zero-order valence-corrected chi connectivity index (χ0v) is 11.6. The Bertz CT molecular complexity index is 390. The van der Waals surface area contributed by atoms with Crippen LogP contribution in [0, 0.1) is 5.92 Å². The van der Waals surface area contributed by atoms with Crippen molar-refractivity contribution in [3.63, 3.8) is 0 Å². The first kappa shape index (κ1) is 13.2. The number of halogens is 2. The van der Waals surface area contributed by atoms with Crippen molar-refractivity contribution in [1.29, 1.82) is 0 Å². The molecular formula is C14H19Cl2N. The van der Waals surface area contributed by atoms with Crippen LogP contribution in [0.3, 0.4) is 0 Å². The fourth-order valence-corrected chi connectivity index (χ4v) is 3.19. The van der Waals surface area contributed by atoms with E-state index in [0.717, 1.165) is 17.0 Å². The van der Waals surface area contributed by atoms with Crippen LogP contribution in [0.2, 0.25) is 5.02 Å². The molecule has 3 heteroatoms. The number of hydrogen-bond donors (Lipinski definition) is 1. The lowest BCUT2D eigenvalue weighted by Crippen LogP contribution is -2.29. The van der Waals surface area contributed by atoms with Crippen molar-refractivity contribution in [1.82, 2.24) is 5.32 Å². The molecule has 0 radical (unpaired) electrons. The molecule has 0 bridgehead atoms. The average molecular weight is 272 g/mol. The van der Waals surface area contributed by atoms with Crippen LogP contribution in [-0.2, 0) is 0 Å². The molecule has 1 N–H and O–H groups in total. The van der Waals surface area contributed by atoms with Crippen LogP contribution in [0.5, 0.6) is 0 Å². The molecule has 0 spiro atoms. The summed E-state index contributed by atoms with van der Waals surface area (Å²) in [6, 6.07) is 9.69. The normalized spacial score (nSPS) is 32.2. The summed E-state index contributed by atoms with van der Waals surface area (Å²) < 4.78 is 0. The van der Waals surface area contributed by atoms with Crippen LogP contribution in [0.4, 0.5) is 0 Å². The highest BCUT2D eigenvalue weighted by Crippen LogP contribution is 2.42. The Morgan fingerprint density at radius 3 is 2.71 bits per heavy atom. The van der Waals surface area contributed by atoms with Gasteiger partial charge in [0, 0.05) is 23.0 Å². The number of nitrogens with one attached hydrogen (secondary N) is 1. The second kappa shape index (κ2) is 5.17. The minimum atomic E-state index is 0. The van der Waals surface area contributed by atoms with E-state index in [-0.39, 0.29) is 12.4 Å². The summed E-state index contributed by atoms with van der Waals surface area (Å²) in [6.07, 6.45) is 4.13. The Morgan fingerprint density at radius 2 is 2.06 bits per heavy atom. The fourth-order valence-electron chi connectivity index (χ4n) is 2.99. The lowest BCUT2D eigenvalue weighted by molar-refractivity contribution is 0.509. The molecule has 3 atom stereocenters. The third-order valence-corrected chi connectivity index (χ3v) is 4.29. The highest BCUT2D eigenvalue weighted by Gasteiger charge is 2.40. The predicted octanol–water partition coefficient (Wildman–Crippen LogP) is 4.01. The van der Waals surface area contributed by atoms with Gasteiger partial charge in [-0.05, 0) is 49.8 Å². The first-order chi connectivity index (χ1) is 7.74. The Morgan fingerprint density at radius 1 is 1.29 bits per heavy atom. The van der Waals surface area contributed by atoms with Crippen LogP contribution in [0.15, 0.2) is 24.3 Å². The Kier molecular flexibility index (Phi) is 4.02. The van der Waals surface area contributed by atoms with E-state index in [1.165, 1.54) is 24.8 Å². The second-order valence-electron chi connectivity index (χ2n) is 5.30. The summed E-state index contributed by atoms with van der Waals surface area (Å²) in [6.45, 7) is 2.30. The maximum Gasteiger partial charge on any atom is 0.0408 e. The van der Waals surface area contributed by atoms with Crippen LogP contribution < -0.4 is 5.32 Å². The van der Waals surface area contributed by atoms with Gasteiger partial charge in [-0.3, -0.25) is 0 Å². The summed E-state index contributed by atoms with van der Waals surface area (Å²) in [5.41, 5.74) is 1.40. The van der Waals surface area contributed by atoms with Gasteiger partial charge in [-0.2, -0.15) is 0 Å². The molecule has 1 aromatic carbocycles. The van der Waals surface area contributed by atoms with Crippen molar-refractivity contribution in [3.05, 3.63) is 34.9 Å². The molecule has 0 aromatic heterocycles. The molecule has 1 saturated heterocycles. The molecule has 1 nitrogen and oxygen atoms in total. The van der Waals surface area contributed by atoms with Gasteiger partial charge in [-0.1, -0.05) is 23.7 Å². The minimum Gasteiger partial charge on any atom is -0.311 e. The standard InChI is InChI=1S/C14H18ClN.ClH/c1-9-13(8-14(16-9)10-5-6-10)11-3-2-4-12(15)7-11;/h2-4,7,9-10,13-14,16H,5-6,8H2,1H3;1H. The predicted molar refractivity (Wildman–Crippen MR) is 75.2 cm³/mol. The van der Waals surface area contributed by atoms with E-state index in [2.05, 4.69) is 30.4 Å². The van der Waals surface area contributed by atoms with Crippen molar-refractivity contribution >= 4 is 24.0 Å².